The van der Waals surface area contributed by atoms with E-state index >= 15 is 0 Å². The average Bonchev–Trinajstić information content (AvgIpc) is 2.02. The zero-order chi connectivity index (χ0) is 10.3. The summed E-state index contributed by atoms with van der Waals surface area (Å²) in [7, 11) is 0. The molecule has 0 aromatic carbocycles. The first-order chi connectivity index (χ1) is 6.04. The van der Waals surface area contributed by atoms with Crippen LogP contribution in [-0.2, 0) is 4.79 Å². The molecule has 0 saturated heterocycles. The maximum atomic E-state index is 10.3. The van der Waals surface area contributed by atoms with E-state index in [1.807, 2.05) is 0 Å². The molecular formula is C7H15N3O2Se. The number of hydrogen-bond donors (Lipinski definition) is 3. The Kier molecular flexibility index (Phi) is 6.58. The monoisotopic (exact) mass is 253 g/mol. The van der Waals surface area contributed by atoms with Gasteiger partial charge in [0.2, 0.25) is 0 Å². The van der Waals surface area contributed by atoms with Gasteiger partial charge in [0.15, 0.2) is 0 Å². The van der Waals surface area contributed by atoms with Crippen LogP contribution in [0.1, 0.15) is 6.92 Å². The second kappa shape index (κ2) is 6.88. The van der Waals surface area contributed by atoms with E-state index in [2.05, 4.69) is 4.99 Å². The molecule has 1 unspecified atom stereocenters. The summed E-state index contributed by atoms with van der Waals surface area (Å²) in [6, 6.07) is -0.719. The fourth-order valence-corrected chi connectivity index (χ4v) is 2.21. The first kappa shape index (κ1) is 12.4. The molecule has 0 aliphatic heterocycles. The summed E-state index contributed by atoms with van der Waals surface area (Å²) in [5.41, 5.74) is 10.6. The molecule has 1 atom stereocenters. The Bertz CT molecular complexity index is 192. The van der Waals surface area contributed by atoms with E-state index < -0.39 is 12.0 Å². The Morgan fingerprint density at radius 3 is 2.77 bits per heavy atom. The molecular weight excluding hydrogens is 237 g/mol. The molecule has 5 nitrogen and oxygen atoms in total. The molecule has 0 heterocycles. The van der Waals surface area contributed by atoms with E-state index in [-0.39, 0.29) is 15.0 Å². The second-order valence-electron chi connectivity index (χ2n) is 2.54. The Morgan fingerprint density at radius 1 is 1.69 bits per heavy atom. The van der Waals surface area contributed by atoms with Crippen molar-refractivity contribution in [3.63, 3.8) is 0 Å². The van der Waals surface area contributed by atoms with Crippen molar-refractivity contribution in [3.05, 3.63) is 0 Å². The van der Waals surface area contributed by atoms with Gasteiger partial charge in [-0.05, 0) is 0 Å². The van der Waals surface area contributed by atoms with Crippen LogP contribution in [0.2, 0.25) is 10.6 Å². The summed E-state index contributed by atoms with van der Waals surface area (Å²) in [5, 5.41) is 9.91. The van der Waals surface area contributed by atoms with Crippen molar-refractivity contribution in [2.45, 2.75) is 23.6 Å². The minimum atomic E-state index is -0.930. The van der Waals surface area contributed by atoms with Crippen molar-refractivity contribution < 1.29 is 9.90 Å². The molecule has 0 aliphatic rings. The van der Waals surface area contributed by atoms with Gasteiger partial charge in [-0.2, -0.15) is 0 Å². The topological polar surface area (TPSA) is 102 Å². The van der Waals surface area contributed by atoms with Gasteiger partial charge >= 0.3 is 83.3 Å². The molecule has 6 heteroatoms. The van der Waals surface area contributed by atoms with Crippen LogP contribution in [-0.4, -0.2) is 44.5 Å². The molecule has 76 valence electrons. The first-order valence-corrected chi connectivity index (χ1v) is 6.29. The predicted molar refractivity (Wildman–Crippen MR) is 53.1 cm³/mol. The third kappa shape index (κ3) is 7.77. The molecule has 0 radical (unpaired) electrons. The van der Waals surface area contributed by atoms with Crippen molar-refractivity contribution in [3.8, 4) is 0 Å². The molecule has 0 aliphatic carbocycles. The van der Waals surface area contributed by atoms with Crippen LogP contribution in [0.15, 0.2) is 4.99 Å². The number of aliphatic carboxylic acids is 1. The number of aliphatic imine (C=N–C) groups is 1. The normalized spacial score (nSPS) is 14.2. The first-order valence-electron chi connectivity index (χ1n) is 3.86. The molecule has 0 bridgehead atoms. The quantitative estimate of drug-likeness (QED) is 0.252. The molecule has 0 fully saturated rings. The number of carboxylic acids is 1. The standard InChI is InChI=1S/C7H15N3O2Se/c1-5(8)10-2-3-13-4-6(9)7(11)12/h6H,2-4,9H2,1H3,(H2,8,10)(H,11,12). The Morgan fingerprint density at radius 2 is 2.31 bits per heavy atom. The van der Waals surface area contributed by atoms with Crippen molar-refractivity contribution in [2.75, 3.05) is 6.54 Å². The Hall–Kier alpha value is -0.581. The second-order valence-corrected chi connectivity index (χ2v) is 4.96. The van der Waals surface area contributed by atoms with E-state index in [4.69, 9.17) is 16.6 Å². The Labute approximate surface area is 83.7 Å². The van der Waals surface area contributed by atoms with Crippen LogP contribution < -0.4 is 11.5 Å². The molecule has 0 spiro atoms. The summed E-state index contributed by atoms with van der Waals surface area (Å²) < 4.78 is 0. The van der Waals surface area contributed by atoms with Gasteiger partial charge < -0.3 is 0 Å². The van der Waals surface area contributed by atoms with Gasteiger partial charge in [-0.1, -0.05) is 0 Å². The van der Waals surface area contributed by atoms with E-state index in [1.54, 1.807) is 6.92 Å². The molecule has 0 aromatic heterocycles. The van der Waals surface area contributed by atoms with Crippen LogP contribution >= 0.6 is 0 Å². The number of carbonyl (C=O) groups is 1. The van der Waals surface area contributed by atoms with Crippen LogP contribution in [0.5, 0.6) is 0 Å². The van der Waals surface area contributed by atoms with Crippen molar-refractivity contribution in [1.82, 2.24) is 0 Å². The van der Waals surface area contributed by atoms with Gasteiger partial charge in [0, 0.05) is 0 Å². The number of carboxylic acid groups (broad SMARTS) is 1. The van der Waals surface area contributed by atoms with Crippen LogP contribution in [0.3, 0.4) is 0 Å². The van der Waals surface area contributed by atoms with E-state index in [0.717, 1.165) is 5.32 Å². The van der Waals surface area contributed by atoms with Crippen molar-refractivity contribution in [1.29, 1.82) is 0 Å². The number of hydrogen-bond acceptors (Lipinski definition) is 3. The molecule has 5 N–H and O–H groups in total. The van der Waals surface area contributed by atoms with Crippen LogP contribution in [0.4, 0.5) is 0 Å². The van der Waals surface area contributed by atoms with Gasteiger partial charge in [-0.3, -0.25) is 0 Å². The van der Waals surface area contributed by atoms with Gasteiger partial charge in [0.25, 0.3) is 0 Å². The third-order valence-electron chi connectivity index (χ3n) is 1.21. The zero-order valence-electron chi connectivity index (χ0n) is 7.56. The van der Waals surface area contributed by atoms with Crippen molar-refractivity contribution >= 4 is 26.8 Å². The summed E-state index contributed by atoms with van der Waals surface area (Å²) in [6.07, 6.45) is 0. The molecule has 13 heavy (non-hydrogen) atoms. The summed E-state index contributed by atoms with van der Waals surface area (Å²) in [5.74, 6) is -0.362. The molecule has 0 amide bonds. The average molecular weight is 252 g/mol. The summed E-state index contributed by atoms with van der Waals surface area (Å²) in [6.45, 7) is 2.41. The SMILES string of the molecule is CC(N)=NCC[Se]CC(N)C(=O)O. The third-order valence-corrected chi connectivity index (χ3v) is 3.45. The molecule has 0 saturated carbocycles. The van der Waals surface area contributed by atoms with Gasteiger partial charge in [-0.15, -0.1) is 0 Å². The number of rotatable bonds is 6. The fourth-order valence-electron chi connectivity index (χ4n) is 0.568. The number of nitrogens with zero attached hydrogens (tertiary/aromatic N) is 1. The zero-order valence-corrected chi connectivity index (χ0v) is 9.28. The summed E-state index contributed by atoms with van der Waals surface area (Å²) >= 11 is 0.247. The van der Waals surface area contributed by atoms with E-state index in [0.29, 0.717) is 17.7 Å². The predicted octanol–water partition coefficient (Wildman–Crippen LogP) is -0.684. The van der Waals surface area contributed by atoms with Crippen LogP contribution in [0.25, 0.3) is 0 Å². The Balaban J connectivity index is 3.36. The van der Waals surface area contributed by atoms with E-state index in [9.17, 15) is 4.79 Å². The number of amidine groups is 1. The fraction of sp³-hybridized carbons (Fsp3) is 0.714. The van der Waals surface area contributed by atoms with Gasteiger partial charge in [0.05, 0.1) is 0 Å². The van der Waals surface area contributed by atoms with Crippen LogP contribution in [0, 0.1) is 0 Å². The van der Waals surface area contributed by atoms with Gasteiger partial charge in [-0.25, -0.2) is 0 Å². The van der Waals surface area contributed by atoms with E-state index in [1.165, 1.54) is 0 Å². The van der Waals surface area contributed by atoms with Gasteiger partial charge in [0.1, 0.15) is 0 Å². The molecule has 0 rings (SSSR count). The maximum absolute atomic E-state index is 10.3. The summed E-state index contributed by atoms with van der Waals surface area (Å²) in [4.78, 5) is 14.3. The van der Waals surface area contributed by atoms with Crippen molar-refractivity contribution in [2.24, 2.45) is 16.5 Å². The number of nitrogens with two attached hydrogens (primary N) is 2. The molecule has 0 aromatic rings. The minimum absolute atomic E-state index is 0.247.